The summed E-state index contributed by atoms with van der Waals surface area (Å²) in [6, 6.07) is 12.2. The predicted octanol–water partition coefficient (Wildman–Crippen LogP) is 2.62. The van der Waals surface area contributed by atoms with Crippen LogP contribution in [0.15, 0.2) is 51.7 Å². The van der Waals surface area contributed by atoms with Gasteiger partial charge in [-0.05, 0) is 37.0 Å². The lowest BCUT2D eigenvalue weighted by Gasteiger charge is -2.43. The van der Waals surface area contributed by atoms with Crippen molar-refractivity contribution >= 4 is 34.4 Å². The quantitative estimate of drug-likeness (QED) is 0.534. The number of carboxylic acids is 1. The van der Waals surface area contributed by atoms with Crippen LogP contribution in [-0.4, -0.2) is 37.0 Å². The molecule has 0 saturated carbocycles. The van der Waals surface area contributed by atoms with Crippen molar-refractivity contribution in [1.82, 2.24) is 4.90 Å². The first-order valence-electron chi connectivity index (χ1n) is 10.6. The molecule has 8 heteroatoms. The summed E-state index contributed by atoms with van der Waals surface area (Å²) in [5.41, 5.74) is 0.150. The van der Waals surface area contributed by atoms with Crippen LogP contribution in [0.3, 0.4) is 0 Å². The van der Waals surface area contributed by atoms with Crippen molar-refractivity contribution in [3.05, 3.63) is 74.6 Å². The van der Waals surface area contributed by atoms with E-state index in [1.54, 1.807) is 48.2 Å². The number of amides is 1. The molecule has 1 amide bonds. The molecule has 1 fully saturated rings. The van der Waals surface area contributed by atoms with Crippen molar-refractivity contribution < 1.29 is 23.8 Å². The Bertz CT molecular complexity index is 1280. The number of carboxylic acid groups (broad SMARTS) is 1. The van der Waals surface area contributed by atoms with Crippen molar-refractivity contribution in [2.24, 2.45) is 0 Å². The first-order valence-corrected chi connectivity index (χ1v) is 11.0. The monoisotopic (exact) mass is 468 g/mol. The van der Waals surface area contributed by atoms with E-state index in [1.807, 2.05) is 6.07 Å². The molecule has 1 aromatic heterocycles. The van der Waals surface area contributed by atoms with Gasteiger partial charge in [-0.1, -0.05) is 41.9 Å². The van der Waals surface area contributed by atoms with E-state index in [2.05, 4.69) is 0 Å². The van der Waals surface area contributed by atoms with Crippen LogP contribution in [0.1, 0.15) is 29.5 Å². The van der Waals surface area contributed by atoms with Crippen LogP contribution in [0, 0.1) is 6.92 Å². The Kier molecular flexibility index (Phi) is 6.17. The summed E-state index contributed by atoms with van der Waals surface area (Å²) in [5, 5.41) is 13.0. The molecule has 1 aliphatic rings. The standard InChI is InChI=1S/C25H24ClNO6/c1-15-17-12-19(26)21(32-2)14-20(17)33-23(29)18(15)13-22(28)27-10-8-25(9-11-27,24(30)31)16-6-4-3-5-7-16/h3-7,12,14H,8-11,13H2,1-2H3,(H,30,31)/p-1. The van der Waals surface area contributed by atoms with E-state index in [1.165, 1.54) is 7.11 Å². The Morgan fingerprint density at radius 3 is 2.45 bits per heavy atom. The fourth-order valence-electron chi connectivity index (χ4n) is 4.52. The highest BCUT2D eigenvalue weighted by atomic mass is 35.5. The van der Waals surface area contributed by atoms with Crippen LogP contribution in [0.4, 0.5) is 0 Å². The van der Waals surface area contributed by atoms with E-state index >= 15 is 0 Å². The molecule has 2 heterocycles. The molecule has 1 aliphatic heterocycles. The Labute approximate surface area is 195 Å². The second kappa shape index (κ2) is 8.90. The van der Waals surface area contributed by atoms with Gasteiger partial charge in [0, 0.05) is 30.0 Å². The number of benzene rings is 2. The first-order chi connectivity index (χ1) is 15.8. The third-order valence-electron chi connectivity index (χ3n) is 6.57. The number of piperidine rings is 1. The number of fused-ring (bicyclic) bond motifs is 1. The lowest BCUT2D eigenvalue weighted by molar-refractivity contribution is -0.315. The number of aliphatic carboxylic acids is 1. The Balaban J connectivity index is 1.56. The highest BCUT2D eigenvalue weighted by Crippen LogP contribution is 2.36. The molecular weight excluding hydrogens is 446 g/mol. The van der Waals surface area contributed by atoms with Crippen molar-refractivity contribution in [1.29, 1.82) is 0 Å². The molecule has 7 nitrogen and oxygen atoms in total. The number of hydrogen-bond donors (Lipinski definition) is 0. The zero-order valence-corrected chi connectivity index (χ0v) is 19.1. The van der Waals surface area contributed by atoms with Gasteiger partial charge in [0.2, 0.25) is 5.91 Å². The smallest absolute Gasteiger partial charge is 0.340 e. The molecule has 172 valence electrons. The number of hydrogen-bond acceptors (Lipinski definition) is 6. The molecule has 0 radical (unpaired) electrons. The maximum absolute atomic E-state index is 13.0. The van der Waals surface area contributed by atoms with Crippen molar-refractivity contribution in [3.8, 4) is 5.75 Å². The second-order valence-corrected chi connectivity index (χ2v) is 8.68. The van der Waals surface area contributed by atoms with Gasteiger partial charge < -0.3 is 24.0 Å². The van der Waals surface area contributed by atoms with Crippen molar-refractivity contribution in [2.45, 2.75) is 31.6 Å². The minimum Gasteiger partial charge on any atom is -0.549 e. The van der Waals surface area contributed by atoms with Gasteiger partial charge in [0.15, 0.2) is 0 Å². The molecule has 0 bridgehead atoms. The van der Waals surface area contributed by atoms with Gasteiger partial charge in [-0.2, -0.15) is 0 Å². The number of methoxy groups -OCH3 is 1. The molecule has 3 aromatic rings. The van der Waals surface area contributed by atoms with Gasteiger partial charge in [0.25, 0.3) is 0 Å². The van der Waals surface area contributed by atoms with E-state index in [4.69, 9.17) is 20.8 Å². The van der Waals surface area contributed by atoms with Crippen LogP contribution < -0.4 is 15.5 Å². The molecule has 33 heavy (non-hydrogen) atoms. The summed E-state index contributed by atoms with van der Waals surface area (Å²) in [4.78, 5) is 39.3. The SMILES string of the molecule is COc1cc2oc(=O)c(CC(=O)N3CCC(C(=O)[O-])(c4ccccc4)CC3)c(C)c2cc1Cl. The number of halogens is 1. The molecule has 4 rings (SSSR count). The minimum absolute atomic E-state index is 0.141. The zero-order valence-electron chi connectivity index (χ0n) is 18.4. The lowest BCUT2D eigenvalue weighted by Crippen LogP contribution is -2.54. The Morgan fingerprint density at radius 2 is 1.85 bits per heavy atom. The largest absolute Gasteiger partial charge is 0.549 e. The number of carbonyl (C=O) groups is 2. The highest BCUT2D eigenvalue weighted by Gasteiger charge is 2.38. The summed E-state index contributed by atoms with van der Waals surface area (Å²) in [5.74, 6) is -1.01. The van der Waals surface area contributed by atoms with Crippen LogP contribution >= 0.6 is 11.6 Å². The van der Waals surface area contributed by atoms with E-state index in [0.717, 1.165) is 0 Å². The zero-order chi connectivity index (χ0) is 23.8. The van der Waals surface area contributed by atoms with E-state index < -0.39 is 17.0 Å². The van der Waals surface area contributed by atoms with Gasteiger partial charge in [-0.25, -0.2) is 4.79 Å². The van der Waals surface area contributed by atoms with Crippen molar-refractivity contribution in [3.63, 3.8) is 0 Å². The molecule has 0 N–H and O–H groups in total. The molecule has 0 aliphatic carbocycles. The Morgan fingerprint density at radius 1 is 1.18 bits per heavy atom. The van der Waals surface area contributed by atoms with E-state index in [-0.39, 0.29) is 43.8 Å². The summed E-state index contributed by atoms with van der Waals surface area (Å²) < 4.78 is 10.6. The van der Waals surface area contributed by atoms with Gasteiger partial charge in [0.1, 0.15) is 11.3 Å². The number of ether oxygens (including phenoxy) is 1. The van der Waals surface area contributed by atoms with Crippen molar-refractivity contribution in [2.75, 3.05) is 20.2 Å². The number of likely N-dealkylation sites (tertiary alicyclic amines) is 1. The maximum atomic E-state index is 13.0. The van der Waals surface area contributed by atoms with Crippen LogP contribution in [0.2, 0.25) is 5.02 Å². The summed E-state index contributed by atoms with van der Waals surface area (Å²) in [7, 11) is 1.47. The van der Waals surface area contributed by atoms with Crippen LogP contribution in [0.25, 0.3) is 11.0 Å². The number of carbonyl (C=O) groups excluding carboxylic acids is 2. The normalized spacial score (nSPS) is 15.4. The average molecular weight is 469 g/mol. The average Bonchev–Trinajstić information content (AvgIpc) is 2.82. The highest BCUT2D eigenvalue weighted by molar-refractivity contribution is 6.32. The van der Waals surface area contributed by atoms with E-state index in [9.17, 15) is 19.5 Å². The van der Waals surface area contributed by atoms with Gasteiger partial charge in [-0.3, -0.25) is 4.79 Å². The number of rotatable bonds is 5. The molecular formula is C25H23ClNO6-. The summed E-state index contributed by atoms with van der Waals surface area (Å²) in [6.07, 6.45) is 0.342. The fourth-order valence-corrected chi connectivity index (χ4v) is 4.76. The summed E-state index contributed by atoms with van der Waals surface area (Å²) >= 11 is 6.22. The number of aryl methyl sites for hydroxylation is 1. The number of nitrogens with zero attached hydrogens (tertiary/aromatic N) is 1. The molecule has 2 aromatic carbocycles. The Hall–Kier alpha value is -3.32. The third-order valence-corrected chi connectivity index (χ3v) is 6.87. The topological polar surface area (TPSA) is 99.9 Å². The first kappa shape index (κ1) is 22.9. The molecule has 0 unspecified atom stereocenters. The molecule has 1 saturated heterocycles. The van der Waals surface area contributed by atoms with Crippen LogP contribution in [0.5, 0.6) is 5.75 Å². The van der Waals surface area contributed by atoms with Gasteiger partial charge >= 0.3 is 5.63 Å². The van der Waals surface area contributed by atoms with Gasteiger partial charge in [0.05, 0.1) is 30.1 Å². The van der Waals surface area contributed by atoms with E-state index in [0.29, 0.717) is 32.9 Å². The lowest BCUT2D eigenvalue weighted by atomic mass is 9.73. The molecule has 0 spiro atoms. The minimum atomic E-state index is -1.14. The predicted molar refractivity (Wildman–Crippen MR) is 121 cm³/mol. The fraction of sp³-hybridized carbons (Fsp3) is 0.320. The van der Waals surface area contributed by atoms with Crippen LogP contribution in [-0.2, 0) is 21.4 Å². The second-order valence-electron chi connectivity index (χ2n) is 8.27. The van der Waals surface area contributed by atoms with Gasteiger partial charge in [-0.15, -0.1) is 0 Å². The third kappa shape index (κ3) is 4.09. The summed E-state index contributed by atoms with van der Waals surface area (Å²) in [6.45, 7) is 2.25. The molecule has 0 atom stereocenters. The maximum Gasteiger partial charge on any atom is 0.340 e.